The Morgan fingerprint density at radius 1 is 0.612 bits per heavy atom. The molecular weight excluding hydrogens is 940 g/mol. The van der Waals surface area contributed by atoms with Crippen molar-refractivity contribution in [2.45, 2.75) is 168 Å². The minimum Gasteiger partial charge on any atom is -0.444 e. The van der Waals surface area contributed by atoms with Crippen LogP contribution in [0.4, 0.5) is 57.5 Å². The van der Waals surface area contributed by atoms with Gasteiger partial charge in [0.05, 0.1) is 17.9 Å². The minimum atomic E-state index is -5.79. The Bertz CT molecular complexity index is 1550. The van der Waals surface area contributed by atoms with Crippen LogP contribution in [0.3, 0.4) is 0 Å². The van der Waals surface area contributed by atoms with Gasteiger partial charge in [0.25, 0.3) is 11.8 Å². The predicted octanol–water partition coefficient (Wildman–Crippen LogP) is 7.08. The topological polar surface area (TPSA) is 229 Å². The number of amidine groups is 1. The number of halogens is 12. The summed E-state index contributed by atoms with van der Waals surface area (Å²) >= 11 is 0. The average Bonchev–Trinajstić information content (AvgIpc) is 3.10. The Morgan fingerprint density at radius 2 is 0.955 bits per heavy atom. The third-order valence-electron chi connectivity index (χ3n) is 8.32. The summed E-state index contributed by atoms with van der Waals surface area (Å²) < 4.78 is 174. The molecule has 2 atom stereocenters. The fraction of sp³-hybridized carbons (Fsp3) is 0.795. The molecule has 0 spiro atoms. The minimum absolute atomic E-state index is 0. The molecular formula is C39H66F12N6O10. The first-order chi connectivity index (χ1) is 29.1. The SMILES string of the molecule is C.C.C=C(NCCC[C@H](NC(=O)C(C)(C)OC)C(=O)COC(C(F)(F)F)C(F)(F)F)NC(=O)OC(C)(C)C.COC(C)(C)C(=O)N[C@@H](CCCCC(=N)N)C(=O)COC(C(F)(F)F)C(F)(F)F. The van der Waals surface area contributed by atoms with E-state index in [-0.39, 0.29) is 65.2 Å². The van der Waals surface area contributed by atoms with Crippen LogP contribution in [0.25, 0.3) is 0 Å². The second-order valence-electron chi connectivity index (χ2n) is 15.9. The van der Waals surface area contributed by atoms with Gasteiger partial charge >= 0.3 is 30.8 Å². The highest BCUT2D eigenvalue weighted by atomic mass is 19.4. The number of nitrogens with two attached hydrogens (primary N) is 1. The van der Waals surface area contributed by atoms with E-state index >= 15 is 0 Å². The van der Waals surface area contributed by atoms with Crippen molar-refractivity contribution in [3.63, 3.8) is 0 Å². The standard InChI is InChI=1S/C21H33F6N3O6.C16H25F6N3O4.2CH4/c1-12(29-17(33)36-18(2,3)4)28-10-8-9-13(30-16(32)19(5,6)34-7)14(31)11-35-15(20(22,23)24)21(25,26)27;1-14(2,28-3)13(27)25-9(6-4-5-7-11(23)24)10(26)8-29-12(15(17,18)19)16(20,21)22;;/h13,15,28H,1,8-11H2,2-7H3,(H,29,33)(H,30,32);9,12H,4-8H2,1-3H3,(H3,23,24)(H,25,27);2*1H4/t13-;9-;;/m00../s1. The number of Topliss-reactive ketones (excluding diaryl/α,β-unsaturated/α-hetero) is 2. The number of ether oxygens (including phenoxy) is 5. The number of unbranched alkanes of at least 4 members (excludes halogenated alkanes) is 1. The Morgan fingerprint density at radius 3 is 1.25 bits per heavy atom. The van der Waals surface area contributed by atoms with E-state index in [4.69, 9.17) is 25.4 Å². The lowest BCUT2D eigenvalue weighted by Gasteiger charge is -2.27. The van der Waals surface area contributed by atoms with E-state index in [1.165, 1.54) is 41.9 Å². The third kappa shape index (κ3) is 29.1. The van der Waals surface area contributed by atoms with Gasteiger partial charge in [0.2, 0.25) is 12.2 Å². The molecule has 7 N–H and O–H groups in total. The van der Waals surface area contributed by atoms with Crippen LogP contribution in [-0.4, -0.2) is 135 Å². The zero-order valence-electron chi connectivity index (χ0n) is 37.1. The molecule has 0 heterocycles. The number of rotatable bonds is 25. The van der Waals surface area contributed by atoms with Crippen LogP contribution in [0, 0.1) is 5.41 Å². The van der Waals surface area contributed by atoms with Crippen molar-refractivity contribution < 1.29 is 100 Å². The second-order valence-corrected chi connectivity index (χ2v) is 15.9. The van der Waals surface area contributed by atoms with E-state index in [2.05, 4.69) is 37.3 Å². The van der Waals surface area contributed by atoms with Crippen LogP contribution in [0.2, 0.25) is 0 Å². The Hall–Kier alpha value is -4.44. The van der Waals surface area contributed by atoms with Crippen LogP contribution in [-0.2, 0) is 42.9 Å². The van der Waals surface area contributed by atoms with Gasteiger partial charge in [-0.15, -0.1) is 0 Å². The molecule has 0 aromatic heterocycles. The molecule has 0 aliphatic rings. The van der Waals surface area contributed by atoms with Crippen molar-refractivity contribution in [1.29, 1.82) is 5.41 Å². The molecule has 0 aromatic carbocycles. The van der Waals surface area contributed by atoms with E-state index in [1.807, 2.05) is 0 Å². The quantitative estimate of drug-likeness (QED) is 0.0233. The van der Waals surface area contributed by atoms with Gasteiger partial charge in [-0.25, -0.2) is 4.79 Å². The summed E-state index contributed by atoms with van der Waals surface area (Å²) in [4.78, 5) is 60.9. The Labute approximate surface area is 382 Å². The molecule has 3 amide bonds. The van der Waals surface area contributed by atoms with Crippen molar-refractivity contribution >= 4 is 35.3 Å². The van der Waals surface area contributed by atoms with Crippen molar-refractivity contribution in [2.75, 3.05) is 34.0 Å². The Kier molecular flexibility index (Phi) is 29.7. The summed E-state index contributed by atoms with van der Waals surface area (Å²) in [5, 5.41) is 16.6. The number of hydrogen-bond acceptors (Lipinski definition) is 12. The maximum Gasteiger partial charge on any atom is 0.423 e. The molecule has 28 heteroatoms. The number of amides is 3. The number of hydrogen-bond donors (Lipinski definition) is 6. The molecule has 0 saturated carbocycles. The van der Waals surface area contributed by atoms with E-state index < -0.39 is 108 Å². The number of alkyl halides is 12. The normalized spacial score (nSPS) is 13.4. The molecule has 0 fully saturated rings. The van der Waals surface area contributed by atoms with Crippen LogP contribution >= 0.6 is 0 Å². The van der Waals surface area contributed by atoms with Gasteiger partial charge < -0.3 is 45.4 Å². The molecule has 0 aliphatic heterocycles. The highest BCUT2D eigenvalue weighted by Gasteiger charge is 2.59. The first-order valence-electron chi connectivity index (χ1n) is 19.2. The summed E-state index contributed by atoms with van der Waals surface area (Å²) in [5.41, 5.74) is 1.60. The predicted molar refractivity (Wildman–Crippen MR) is 219 cm³/mol. The van der Waals surface area contributed by atoms with E-state index in [0.717, 1.165) is 0 Å². The fourth-order valence-corrected chi connectivity index (χ4v) is 4.44. The number of methoxy groups -OCH3 is 2. The average molecular weight is 1010 g/mol. The molecule has 0 radical (unpaired) electrons. The van der Waals surface area contributed by atoms with Gasteiger partial charge in [-0.3, -0.25) is 29.9 Å². The van der Waals surface area contributed by atoms with Gasteiger partial charge in [0, 0.05) is 27.2 Å². The fourth-order valence-electron chi connectivity index (χ4n) is 4.44. The molecule has 396 valence electrons. The zero-order chi connectivity index (χ0) is 51.6. The van der Waals surface area contributed by atoms with Crippen LogP contribution < -0.4 is 27.0 Å². The molecule has 0 bridgehead atoms. The van der Waals surface area contributed by atoms with Gasteiger partial charge in [0.1, 0.15) is 35.8 Å². The first kappa shape index (κ1) is 69.1. The largest absolute Gasteiger partial charge is 0.444 e. The lowest BCUT2D eigenvalue weighted by atomic mass is 10.0. The first-order valence-corrected chi connectivity index (χ1v) is 19.2. The molecule has 0 unspecified atom stereocenters. The summed E-state index contributed by atoms with van der Waals surface area (Å²) in [6.07, 6.45) is -31.6. The smallest absolute Gasteiger partial charge is 0.423 e. The molecule has 16 nitrogen and oxygen atoms in total. The van der Waals surface area contributed by atoms with Gasteiger partial charge in [0.15, 0.2) is 11.6 Å². The number of ketones is 2. The van der Waals surface area contributed by atoms with Crippen molar-refractivity contribution in [1.82, 2.24) is 21.3 Å². The summed E-state index contributed by atoms with van der Waals surface area (Å²) in [6, 6.07) is -2.88. The van der Waals surface area contributed by atoms with Gasteiger partial charge in [-0.05, 0) is 74.1 Å². The third-order valence-corrected chi connectivity index (χ3v) is 8.32. The zero-order valence-corrected chi connectivity index (χ0v) is 37.1. The molecule has 0 aliphatic carbocycles. The van der Waals surface area contributed by atoms with Crippen LogP contribution in [0.5, 0.6) is 0 Å². The lowest BCUT2D eigenvalue weighted by molar-refractivity contribution is -0.320. The van der Waals surface area contributed by atoms with E-state index in [0.29, 0.717) is 6.42 Å². The van der Waals surface area contributed by atoms with Gasteiger partial charge in [-0.2, -0.15) is 52.7 Å². The van der Waals surface area contributed by atoms with E-state index in [9.17, 15) is 76.7 Å². The number of carbonyl (C=O) groups is 5. The molecule has 0 saturated heterocycles. The highest BCUT2D eigenvalue weighted by molar-refractivity contribution is 5.93. The van der Waals surface area contributed by atoms with Crippen molar-refractivity contribution in [3.8, 4) is 0 Å². The summed E-state index contributed by atoms with van der Waals surface area (Å²) in [7, 11) is 2.41. The highest BCUT2D eigenvalue weighted by Crippen LogP contribution is 2.37. The molecule has 0 aromatic rings. The molecule has 67 heavy (non-hydrogen) atoms. The Balaban J connectivity index is -0.000000588. The maximum absolute atomic E-state index is 12.7. The van der Waals surface area contributed by atoms with Crippen molar-refractivity contribution in [2.24, 2.45) is 5.73 Å². The summed E-state index contributed by atoms with van der Waals surface area (Å²) in [5.74, 6) is -4.06. The number of nitrogens with one attached hydrogen (secondary N) is 5. The van der Waals surface area contributed by atoms with Crippen LogP contribution in [0.1, 0.15) is 102 Å². The second kappa shape index (κ2) is 28.8. The lowest BCUT2D eigenvalue weighted by Crippen LogP contribution is -2.52. The van der Waals surface area contributed by atoms with Gasteiger partial charge in [-0.1, -0.05) is 27.9 Å². The monoisotopic (exact) mass is 1010 g/mol. The van der Waals surface area contributed by atoms with E-state index in [1.54, 1.807) is 20.8 Å². The summed E-state index contributed by atoms with van der Waals surface area (Å²) in [6.45, 7) is 10.9. The van der Waals surface area contributed by atoms with Crippen molar-refractivity contribution in [3.05, 3.63) is 12.4 Å². The maximum atomic E-state index is 12.7. The molecule has 0 rings (SSSR count). The number of carbonyl (C=O) groups excluding carboxylic acids is 5. The van der Waals surface area contributed by atoms with Crippen LogP contribution in [0.15, 0.2) is 12.4 Å². The number of alkyl carbamates (subject to hydrolysis) is 1.